The number of aromatic nitrogens is 1. The van der Waals surface area contributed by atoms with Gasteiger partial charge in [0.15, 0.2) is 0 Å². The predicted octanol–water partition coefficient (Wildman–Crippen LogP) is 5.86. The number of rotatable bonds is 6. The monoisotopic (exact) mass is 357 g/mol. The highest BCUT2D eigenvalue weighted by Crippen LogP contribution is 2.40. The summed E-state index contributed by atoms with van der Waals surface area (Å²) in [4.78, 5) is 15.4. The number of benzene rings is 2. The van der Waals surface area contributed by atoms with Gasteiger partial charge in [-0.1, -0.05) is 75.4 Å². The van der Waals surface area contributed by atoms with Crippen LogP contribution in [-0.2, 0) is 12.8 Å². The zero-order chi connectivity index (χ0) is 19.3. The molecule has 27 heavy (non-hydrogen) atoms. The summed E-state index contributed by atoms with van der Waals surface area (Å²) >= 11 is 0. The van der Waals surface area contributed by atoms with Gasteiger partial charge in [0.2, 0.25) is 0 Å². The number of aryl methyl sites for hydroxylation is 2. The van der Waals surface area contributed by atoms with Crippen molar-refractivity contribution in [3.63, 3.8) is 0 Å². The second kappa shape index (κ2) is 8.30. The molecule has 2 heteroatoms. The lowest BCUT2D eigenvalue weighted by atomic mass is 9.72. The van der Waals surface area contributed by atoms with Gasteiger partial charge < -0.3 is 0 Å². The van der Waals surface area contributed by atoms with Crippen LogP contribution in [-0.4, -0.2) is 11.3 Å². The Morgan fingerprint density at radius 1 is 0.852 bits per heavy atom. The molecule has 0 fully saturated rings. The largest absolute Gasteiger partial charge is 0.298 e. The lowest BCUT2D eigenvalue weighted by Crippen LogP contribution is -2.19. The molecule has 2 aromatic carbocycles. The first kappa shape index (κ1) is 19.0. The lowest BCUT2D eigenvalue weighted by molar-refractivity contribution is 0.112. The van der Waals surface area contributed by atoms with E-state index in [0.717, 1.165) is 30.4 Å². The number of aldehydes is 1. The smallest absolute Gasteiger partial charge is 0.150 e. The van der Waals surface area contributed by atoms with Crippen LogP contribution < -0.4 is 0 Å². The summed E-state index contributed by atoms with van der Waals surface area (Å²) in [7, 11) is 0. The zero-order valence-corrected chi connectivity index (χ0v) is 16.4. The van der Waals surface area contributed by atoms with Crippen LogP contribution >= 0.6 is 0 Å². The normalized spacial score (nSPS) is 12.6. The van der Waals surface area contributed by atoms with E-state index in [4.69, 9.17) is 0 Å². The van der Waals surface area contributed by atoms with E-state index in [1.165, 1.54) is 16.7 Å². The zero-order valence-electron chi connectivity index (χ0n) is 16.4. The highest BCUT2D eigenvalue weighted by molar-refractivity contribution is 5.74. The van der Waals surface area contributed by atoms with Gasteiger partial charge >= 0.3 is 0 Å². The van der Waals surface area contributed by atoms with Gasteiger partial charge in [0, 0.05) is 23.4 Å². The fourth-order valence-corrected chi connectivity index (χ4v) is 3.65. The average molecular weight is 357 g/mol. The van der Waals surface area contributed by atoms with Gasteiger partial charge in [-0.25, -0.2) is 0 Å². The molecule has 0 amide bonds. The first-order chi connectivity index (χ1) is 13.0. The molecule has 2 nitrogen and oxygen atoms in total. The molecule has 0 saturated heterocycles. The van der Waals surface area contributed by atoms with Crippen LogP contribution in [0.5, 0.6) is 0 Å². The van der Waals surface area contributed by atoms with Crippen LogP contribution in [0.15, 0.2) is 72.9 Å². The van der Waals surface area contributed by atoms with E-state index in [2.05, 4.69) is 68.2 Å². The van der Waals surface area contributed by atoms with Crippen molar-refractivity contribution in [2.45, 2.75) is 39.5 Å². The van der Waals surface area contributed by atoms with Crippen molar-refractivity contribution in [2.75, 3.05) is 0 Å². The van der Waals surface area contributed by atoms with Crippen LogP contribution in [0.4, 0.5) is 0 Å². The van der Waals surface area contributed by atoms with Crippen molar-refractivity contribution in [3.05, 3.63) is 101 Å². The highest BCUT2D eigenvalue weighted by atomic mass is 16.1. The van der Waals surface area contributed by atoms with E-state index in [0.29, 0.717) is 0 Å². The fourth-order valence-electron chi connectivity index (χ4n) is 3.65. The molecule has 1 atom stereocenters. The number of hydrogen-bond acceptors (Lipinski definition) is 2. The molecule has 1 unspecified atom stereocenters. The molecule has 0 aliphatic rings. The number of carbonyl (C=O) groups excluding carboxylic acids is 1. The van der Waals surface area contributed by atoms with Gasteiger partial charge in [0.05, 0.1) is 0 Å². The number of hydrogen-bond donors (Lipinski definition) is 0. The maximum atomic E-state index is 11.0. The SMILES string of the molecule is CC(C)(C)C(c1ccc(C=O)cc1)c1ccc(CCc2ccccn2)cc1. The summed E-state index contributed by atoms with van der Waals surface area (Å²) in [5.74, 6) is 0.281. The Morgan fingerprint density at radius 2 is 1.48 bits per heavy atom. The maximum Gasteiger partial charge on any atom is 0.150 e. The summed E-state index contributed by atoms with van der Waals surface area (Å²) in [6.07, 6.45) is 4.69. The van der Waals surface area contributed by atoms with E-state index in [-0.39, 0.29) is 11.3 Å². The van der Waals surface area contributed by atoms with Crippen LogP contribution in [0.1, 0.15) is 59.4 Å². The molecule has 0 aliphatic carbocycles. The van der Waals surface area contributed by atoms with Crippen molar-refractivity contribution in [2.24, 2.45) is 5.41 Å². The van der Waals surface area contributed by atoms with Gasteiger partial charge in [-0.05, 0) is 47.1 Å². The van der Waals surface area contributed by atoms with E-state index >= 15 is 0 Å². The van der Waals surface area contributed by atoms with Crippen LogP contribution in [0, 0.1) is 5.41 Å². The Labute approximate surface area is 162 Å². The standard InChI is InChI=1S/C25H27NO/c1-25(2,3)24(22-14-9-20(18-27)10-15-22)21-12-7-19(8-13-21)11-16-23-6-4-5-17-26-23/h4-10,12-15,17-18,24H,11,16H2,1-3H3. The molecule has 0 aliphatic heterocycles. The van der Waals surface area contributed by atoms with E-state index in [1.54, 1.807) is 0 Å². The summed E-state index contributed by atoms with van der Waals surface area (Å²) in [6.45, 7) is 6.79. The molecule has 1 heterocycles. The Bertz CT molecular complexity index is 859. The van der Waals surface area contributed by atoms with Crippen molar-refractivity contribution in [1.29, 1.82) is 0 Å². The average Bonchev–Trinajstić information content (AvgIpc) is 2.68. The molecule has 0 N–H and O–H groups in total. The van der Waals surface area contributed by atoms with Crippen LogP contribution in [0.3, 0.4) is 0 Å². The highest BCUT2D eigenvalue weighted by Gasteiger charge is 2.27. The second-order valence-electron chi connectivity index (χ2n) is 8.15. The third kappa shape index (κ3) is 4.91. The predicted molar refractivity (Wildman–Crippen MR) is 111 cm³/mol. The Kier molecular flexibility index (Phi) is 5.85. The molecule has 0 saturated carbocycles. The molecule has 3 aromatic rings. The quantitative estimate of drug-likeness (QED) is 0.517. The molecule has 0 bridgehead atoms. The lowest BCUT2D eigenvalue weighted by Gasteiger charge is -2.32. The number of pyridine rings is 1. The van der Waals surface area contributed by atoms with Gasteiger partial charge in [-0.2, -0.15) is 0 Å². The van der Waals surface area contributed by atoms with Crippen LogP contribution in [0.25, 0.3) is 0 Å². The first-order valence-corrected chi connectivity index (χ1v) is 9.51. The topological polar surface area (TPSA) is 30.0 Å². The Balaban J connectivity index is 1.79. The molecular weight excluding hydrogens is 330 g/mol. The summed E-state index contributed by atoms with van der Waals surface area (Å²) in [6, 6.07) is 23.0. The molecule has 0 radical (unpaired) electrons. The first-order valence-electron chi connectivity index (χ1n) is 9.51. The van der Waals surface area contributed by atoms with Gasteiger partial charge in [0.25, 0.3) is 0 Å². The summed E-state index contributed by atoms with van der Waals surface area (Å²) in [5.41, 5.74) is 5.81. The maximum absolute atomic E-state index is 11.0. The minimum Gasteiger partial charge on any atom is -0.298 e. The minimum absolute atomic E-state index is 0.0815. The second-order valence-corrected chi connectivity index (χ2v) is 8.15. The number of nitrogens with zero attached hydrogens (tertiary/aromatic N) is 1. The van der Waals surface area contributed by atoms with Gasteiger partial charge in [-0.15, -0.1) is 0 Å². The minimum atomic E-state index is 0.0815. The molecular formula is C25H27NO. The number of carbonyl (C=O) groups is 1. The van der Waals surface area contributed by atoms with Crippen molar-refractivity contribution in [3.8, 4) is 0 Å². The van der Waals surface area contributed by atoms with Crippen molar-refractivity contribution < 1.29 is 4.79 Å². The molecule has 1 aromatic heterocycles. The summed E-state index contributed by atoms with van der Waals surface area (Å²) < 4.78 is 0. The van der Waals surface area contributed by atoms with Crippen LogP contribution in [0.2, 0.25) is 0 Å². The summed E-state index contributed by atoms with van der Waals surface area (Å²) in [5, 5.41) is 0. The third-order valence-corrected chi connectivity index (χ3v) is 4.98. The van der Waals surface area contributed by atoms with Crippen molar-refractivity contribution in [1.82, 2.24) is 4.98 Å². The van der Waals surface area contributed by atoms with E-state index in [1.807, 2.05) is 30.5 Å². The van der Waals surface area contributed by atoms with Gasteiger partial charge in [0.1, 0.15) is 6.29 Å². The van der Waals surface area contributed by atoms with E-state index in [9.17, 15) is 4.79 Å². The Morgan fingerprint density at radius 3 is 2.00 bits per heavy atom. The van der Waals surface area contributed by atoms with E-state index < -0.39 is 0 Å². The third-order valence-electron chi connectivity index (χ3n) is 4.98. The molecule has 138 valence electrons. The van der Waals surface area contributed by atoms with Crippen molar-refractivity contribution >= 4 is 6.29 Å². The Hall–Kier alpha value is -2.74. The van der Waals surface area contributed by atoms with Gasteiger partial charge in [-0.3, -0.25) is 9.78 Å². The molecule has 3 rings (SSSR count). The molecule has 0 spiro atoms. The fraction of sp³-hybridized carbons (Fsp3) is 0.280.